The van der Waals surface area contributed by atoms with Gasteiger partial charge in [0.15, 0.2) is 0 Å². The Balaban J connectivity index is 1.89. The highest BCUT2D eigenvalue weighted by Crippen LogP contribution is 2.17. The fourth-order valence-corrected chi connectivity index (χ4v) is 2.38. The molecule has 0 aliphatic carbocycles. The molecule has 0 aromatic carbocycles. The largest absolute Gasteiger partial charge is 0.344 e. The number of rotatable bonds is 2. The standard InChI is InChI=1S/C11H19N3O2/c1-13(2)8-5-6-14(7-8)11(16)9-3-4-10(15)12-9/h8-9H,3-7H2,1-2H3,(H,12,15). The number of carbonyl (C=O) groups is 2. The van der Waals surface area contributed by atoms with Crippen molar-refractivity contribution in [2.24, 2.45) is 0 Å². The topological polar surface area (TPSA) is 52.7 Å². The van der Waals surface area contributed by atoms with E-state index >= 15 is 0 Å². The first-order valence-corrected chi connectivity index (χ1v) is 5.82. The third kappa shape index (κ3) is 2.19. The average molecular weight is 225 g/mol. The molecule has 0 radical (unpaired) electrons. The van der Waals surface area contributed by atoms with Crippen LogP contribution in [0.25, 0.3) is 0 Å². The van der Waals surface area contributed by atoms with E-state index in [1.165, 1.54) is 0 Å². The molecule has 90 valence electrons. The molecule has 0 bridgehead atoms. The zero-order valence-corrected chi connectivity index (χ0v) is 9.90. The molecule has 16 heavy (non-hydrogen) atoms. The Kier molecular flexibility index (Phi) is 3.14. The van der Waals surface area contributed by atoms with Gasteiger partial charge in [-0.1, -0.05) is 0 Å². The van der Waals surface area contributed by atoms with Crippen molar-refractivity contribution in [2.45, 2.75) is 31.3 Å². The first kappa shape index (κ1) is 11.4. The highest BCUT2D eigenvalue weighted by Gasteiger charge is 2.34. The second-order valence-electron chi connectivity index (χ2n) is 4.85. The van der Waals surface area contributed by atoms with Crippen LogP contribution in [0, 0.1) is 0 Å². The molecule has 2 saturated heterocycles. The number of nitrogens with zero attached hydrogens (tertiary/aromatic N) is 2. The first-order chi connectivity index (χ1) is 7.58. The normalized spacial score (nSPS) is 29.9. The zero-order chi connectivity index (χ0) is 11.7. The molecular weight excluding hydrogens is 206 g/mol. The Morgan fingerprint density at radius 1 is 1.44 bits per heavy atom. The smallest absolute Gasteiger partial charge is 0.245 e. The molecule has 2 amide bonds. The van der Waals surface area contributed by atoms with Crippen LogP contribution < -0.4 is 5.32 Å². The van der Waals surface area contributed by atoms with E-state index in [1.807, 2.05) is 19.0 Å². The summed E-state index contributed by atoms with van der Waals surface area (Å²) in [6, 6.07) is 0.189. The summed E-state index contributed by atoms with van der Waals surface area (Å²) in [5, 5.41) is 2.73. The van der Waals surface area contributed by atoms with Crippen molar-refractivity contribution in [3.8, 4) is 0 Å². The van der Waals surface area contributed by atoms with Crippen LogP contribution in [0.15, 0.2) is 0 Å². The summed E-state index contributed by atoms with van der Waals surface area (Å²) in [6.07, 6.45) is 2.17. The summed E-state index contributed by atoms with van der Waals surface area (Å²) in [6.45, 7) is 1.60. The van der Waals surface area contributed by atoms with Crippen molar-refractivity contribution in [1.29, 1.82) is 0 Å². The van der Waals surface area contributed by atoms with Crippen molar-refractivity contribution in [3.05, 3.63) is 0 Å². The van der Waals surface area contributed by atoms with Crippen LogP contribution in [0.4, 0.5) is 0 Å². The Bertz CT molecular complexity index is 304. The summed E-state index contributed by atoms with van der Waals surface area (Å²) >= 11 is 0. The molecule has 0 aromatic heterocycles. The van der Waals surface area contributed by atoms with E-state index < -0.39 is 0 Å². The zero-order valence-electron chi connectivity index (χ0n) is 9.90. The molecule has 2 unspecified atom stereocenters. The van der Waals surface area contributed by atoms with Crippen LogP contribution in [0.2, 0.25) is 0 Å². The van der Waals surface area contributed by atoms with Crippen molar-refractivity contribution in [3.63, 3.8) is 0 Å². The van der Waals surface area contributed by atoms with Gasteiger partial charge in [-0.15, -0.1) is 0 Å². The maximum absolute atomic E-state index is 12.1. The minimum absolute atomic E-state index is 0.00158. The molecule has 2 atom stereocenters. The van der Waals surface area contributed by atoms with Gasteiger partial charge in [-0.3, -0.25) is 9.59 Å². The molecule has 0 saturated carbocycles. The van der Waals surface area contributed by atoms with Crippen LogP contribution in [-0.2, 0) is 9.59 Å². The summed E-state index contributed by atoms with van der Waals surface area (Å²) < 4.78 is 0. The minimum Gasteiger partial charge on any atom is -0.344 e. The number of amides is 2. The van der Waals surface area contributed by atoms with E-state index in [0.717, 1.165) is 19.5 Å². The molecule has 5 nitrogen and oxygen atoms in total. The summed E-state index contributed by atoms with van der Waals surface area (Å²) in [5.74, 6) is 0.0944. The van der Waals surface area contributed by atoms with E-state index in [-0.39, 0.29) is 17.9 Å². The Hall–Kier alpha value is -1.10. The van der Waals surface area contributed by atoms with E-state index in [9.17, 15) is 9.59 Å². The lowest BCUT2D eigenvalue weighted by atomic mass is 10.2. The molecule has 0 spiro atoms. The van der Waals surface area contributed by atoms with Crippen LogP contribution in [0.1, 0.15) is 19.3 Å². The van der Waals surface area contributed by atoms with Crippen molar-refractivity contribution < 1.29 is 9.59 Å². The number of nitrogens with one attached hydrogen (secondary N) is 1. The monoisotopic (exact) mass is 225 g/mol. The van der Waals surface area contributed by atoms with Gasteiger partial charge in [-0.2, -0.15) is 0 Å². The molecule has 2 heterocycles. The highest BCUT2D eigenvalue weighted by atomic mass is 16.2. The molecule has 2 aliphatic heterocycles. The van der Waals surface area contributed by atoms with Crippen molar-refractivity contribution in [2.75, 3.05) is 27.2 Å². The van der Waals surface area contributed by atoms with Gasteiger partial charge in [-0.25, -0.2) is 0 Å². The lowest BCUT2D eigenvalue weighted by molar-refractivity contribution is -0.133. The highest BCUT2D eigenvalue weighted by molar-refractivity contribution is 5.90. The third-order valence-electron chi connectivity index (χ3n) is 3.50. The predicted molar refractivity (Wildman–Crippen MR) is 59.8 cm³/mol. The second kappa shape index (κ2) is 4.41. The van der Waals surface area contributed by atoms with Crippen molar-refractivity contribution in [1.82, 2.24) is 15.1 Å². The summed E-state index contributed by atoms with van der Waals surface area (Å²) in [4.78, 5) is 27.1. The fourth-order valence-electron chi connectivity index (χ4n) is 2.38. The van der Waals surface area contributed by atoms with E-state index in [4.69, 9.17) is 0 Å². The van der Waals surface area contributed by atoms with E-state index in [0.29, 0.717) is 18.9 Å². The second-order valence-corrected chi connectivity index (χ2v) is 4.85. The van der Waals surface area contributed by atoms with Crippen LogP contribution in [0.3, 0.4) is 0 Å². The van der Waals surface area contributed by atoms with E-state index in [1.54, 1.807) is 0 Å². The van der Waals surface area contributed by atoms with Gasteiger partial charge in [0.25, 0.3) is 0 Å². The Morgan fingerprint density at radius 3 is 2.69 bits per heavy atom. The predicted octanol–water partition coefficient (Wildman–Crippen LogP) is -0.572. The van der Waals surface area contributed by atoms with Gasteiger partial charge in [-0.05, 0) is 26.9 Å². The van der Waals surface area contributed by atoms with Gasteiger partial charge in [0.05, 0.1) is 0 Å². The quantitative estimate of drug-likeness (QED) is 0.684. The van der Waals surface area contributed by atoms with Gasteiger partial charge < -0.3 is 15.1 Å². The van der Waals surface area contributed by atoms with Gasteiger partial charge in [0.2, 0.25) is 11.8 Å². The Morgan fingerprint density at radius 2 is 2.19 bits per heavy atom. The molecule has 2 rings (SSSR count). The molecule has 0 aromatic rings. The van der Waals surface area contributed by atoms with Gasteiger partial charge in [0.1, 0.15) is 6.04 Å². The molecule has 2 aliphatic rings. The average Bonchev–Trinajstić information content (AvgIpc) is 2.84. The number of likely N-dealkylation sites (N-methyl/N-ethyl adjacent to an activating group) is 1. The van der Waals surface area contributed by atoms with Crippen LogP contribution >= 0.6 is 0 Å². The maximum Gasteiger partial charge on any atom is 0.245 e. The molecule has 1 N–H and O–H groups in total. The number of carbonyl (C=O) groups excluding carboxylic acids is 2. The number of likely N-dealkylation sites (tertiary alicyclic amines) is 1. The SMILES string of the molecule is CN(C)C1CCN(C(=O)C2CCC(=O)N2)C1. The summed E-state index contributed by atoms with van der Waals surface area (Å²) in [5.41, 5.74) is 0. The minimum atomic E-state index is -0.270. The molecular formula is C11H19N3O2. The van der Waals surface area contributed by atoms with Crippen molar-refractivity contribution >= 4 is 11.8 Å². The Labute approximate surface area is 95.8 Å². The fraction of sp³-hybridized carbons (Fsp3) is 0.818. The first-order valence-electron chi connectivity index (χ1n) is 5.82. The third-order valence-corrected chi connectivity index (χ3v) is 3.50. The van der Waals surface area contributed by atoms with Crippen LogP contribution in [0.5, 0.6) is 0 Å². The molecule has 2 fully saturated rings. The lowest BCUT2D eigenvalue weighted by Gasteiger charge is -2.22. The summed E-state index contributed by atoms with van der Waals surface area (Å²) in [7, 11) is 4.08. The van der Waals surface area contributed by atoms with E-state index in [2.05, 4.69) is 10.2 Å². The lowest BCUT2D eigenvalue weighted by Crippen LogP contribution is -2.44. The van der Waals surface area contributed by atoms with Gasteiger partial charge in [0, 0.05) is 25.6 Å². The molecule has 5 heteroatoms. The maximum atomic E-state index is 12.1. The number of hydrogen-bond donors (Lipinski definition) is 1. The van der Waals surface area contributed by atoms with Crippen LogP contribution in [-0.4, -0.2) is 60.9 Å². The van der Waals surface area contributed by atoms with Gasteiger partial charge >= 0.3 is 0 Å². The number of hydrogen-bond acceptors (Lipinski definition) is 3.